The third kappa shape index (κ3) is 7.27. The summed E-state index contributed by atoms with van der Waals surface area (Å²) >= 11 is 0. The van der Waals surface area contributed by atoms with Crippen molar-refractivity contribution in [3.05, 3.63) is 32.6 Å². The third-order valence-corrected chi connectivity index (χ3v) is 7.75. The normalized spacial score (nSPS) is 21.4. The maximum atomic E-state index is 12.5. The standard InChI is InChI=1S/C15H23N8O10P3/c16-3-1-2-8-5-23(13-12(8)14(24)21-15(17)20-13)11-4-9(29-7-19-22-18)10(31-11)6-30-36(27,28)33-35(26)32-34-25/h5,9-11,25-28,34,36H,3-4,6-7,16H2,(H3,17,20,21,24). The number of fused-ring (bicyclic) bond motifs is 1. The number of aromatic amines is 1. The first-order valence-electron chi connectivity index (χ1n) is 9.89. The number of nitrogens with zero attached hydrogens (tertiary/aromatic N) is 5. The van der Waals surface area contributed by atoms with E-state index in [0.717, 1.165) is 0 Å². The molecular weight excluding hydrogens is 545 g/mol. The van der Waals surface area contributed by atoms with Gasteiger partial charge in [-0.1, -0.05) is 0 Å². The van der Waals surface area contributed by atoms with Crippen LogP contribution in [-0.2, 0) is 22.6 Å². The van der Waals surface area contributed by atoms with E-state index in [1.165, 1.54) is 10.8 Å². The zero-order chi connectivity index (χ0) is 26.3. The number of nitrogens with one attached hydrogen (secondary N) is 1. The predicted octanol–water partition coefficient (Wildman–Crippen LogP) is -0.278. The fourth-order valence-corrected chi connectivity index (χ4v) is 5.53. The number of ether oxygens (including phenoxy) is 2. The molecule has 3 rings (SSSR count). The average molecular weight is 568 g/mol. The van der Waals surface area contributed by atoms with E-state index < -0.39 is 56.4 Å². The van der Waals surface area contributed by atoms with E-state index in [1.54, 1.807) is 0 Å². The van der Waals surface area contributed by atoms with Crippen molar-refractivity contribution in [1.82, 2.24) is 14.5 Å². The average Bonchev–Trinajstić information content (AvgIpc) is 3.37. The summed E-state index contributed by atoms with van der Waals surface area (Å²) < 4.78 is 26.9. The molecule has 0 aromatic carbocycles. The van der Waals surface area contributed by atoms with Gasteiger partial charge in [0.2, 0.25) is 0 Å². The van der Waals surface area contributed by atoms with Gasteiger partial charge in [-0.05, 0) is 0 Å². The van der Waals surface area contributed by atoms with Gasteiger partial charge in [-0.3, -0.25) is 0 Å². The topological polar surface area (TPSA) is 279 Å². The van der Waals surface area contributed by atoms with Crippen LogP contribution in [0.25, 0.3) is 21.5 Å². The number of nitrogen functional groups attached to an aromatic ring is 1. The number of rotatable bonds is 11. The molecule has 9 N–H and O–H groups in total. The second-order valence-electron chi connectivity index (χ2n) is 6.91. The van der Waals surface area contributed by atoms with Crippen LogP contribution >= 0.6 is 25.8 Å². The first-order valence-corrected chi connectivity index (χ1v) is 13.6. The maximum absolute atomic E-state index is 12.5. The monoisotopic (exact) mass is 568 g/mol. The number of nitrogens with two attached hydrogens (primary N) is 2. The van der Waals surface area contributed by atoms with Crippen LogP contribution in [0.4, 0.5) is 5.95 Å². The van der Waals surface area contributed by atoms with E-state index in [-0.39, 0.29) is 36.7 Å². The molecule has 1 aliphatic heterocycles. The number of hydrogen-bond donors (Lipinski definition) is 7. The molecule has 1 fully saturated rings. The van der Waals surface area contributed by atoms with Crippen LogP contribution in [0.3, 0.4) is 0 Å². The Bertz CT molecular complexity index is 1230. The van der Waals surface area contributed by atoms with Gasteiger partial charge in [0, 0.05) is 0 Å². The fraction of sp³-hybridized carbons (Fsp3) is 0.467. The van der Waals surface area contributed by atoms with Gasteiger partial charge in [0.15, 0.2) is 0 Å². The van der Waals surface area contributed by atoms with E-state index >= 15 is 0 Å². The summed E-state index contributed by atoms with van der Waals surface area (Å²) in [6.07, 6.45) is -0.904. The molecule has 1 aliphatic rings. The minimum atomic E-state index is -4.89. The van der Waals surface area contributed by atoms with Crippen LogP contribution in [0.2, 0.25) is 0 Å². The Hall–Kier alpha value is -2.02. The van der Waals surface area contributed by atoms with E-state index in [4.69, 9.17) is 35.9 Å². The van der Waals surface area contributed by atoms with E-state index in [0.29, 0.717) is 5.56 Å². The molecular formula is C15H23N8O10P3. The molecule has 0 amide bonds. The van der Waals surface area contributed by atoms with Crippen LogP contribution in [0.5, 0.6) is 0 Å². The molecule has 198 valence electrons. The van der Waals surface area contributed by atoms with Crippen LogP contribution in [-0.4, -0.2) is 66.2 Å². The minimum absolute atomic E-state index is 0.0531. The van der Waals surface area contributed by atoms with Crippen molar-refractivity contribution in [3.8, 4) is 11.8 Å². The van der Waals surface area contributed by atoms with Crippen molar-refractivity contribution in [2.75, 3.05) is 25.6 Å². The van der Waals surface area contributed by atoms with Gasteiger partial charge in [0.1, 0.15) is 0 Å². The molecule has 5 unspecified atom stereocenters. The predicted molar refractivity (Wildman–Crippen MR) is 129 cm³/mol. The van der Waals surface area contributed by atoms with Crippen LogP contribution < -0.4 is 17.0 Å². The van der Waals surface area contributed by atoms with Gasteiger partial charge >= 0.3 is 205 Å². The second kappa shape index (κ2) is 13.0. The molecule has 3 heterocycles. The second-order valence-corrected chi connectivity index (χ2v) is 10.4. The van der Waals surface area contributed by atoms with Crippen molar-refractivity contribution >= 4 is 42.8 Å². The number of azide groups is 1. The molecule has 0 bridgehead atoms. The molecule has 2 aromatic rings. The molecule has 0 spiro atoms. The Kier molecular flexibility index (Phi) is 10.3. The van der Waals surface area contributed by atoms with Crippen molar-refractivity contribution in [2.45, 2.75) is 24.9 Å². The number of aromatic nitrogens is 3. The van der Waals surface area contributed by atoms with Crippen molar-refractivity contribution in [3.63, 3.8) is 0 Å². The van der Waals surface area contributed by atoms with Gasteiger partial charge in [0.05, 0.1) is 0 Å². The Labute approximate surface area is 205 Å². The molecule has 21 heteroatoms. The van der Waals surface area contributed by atoms with Gasteiger partial charge in [0.25, 0.3) is 0 Å². The zero-order valence-electron chi connectivity index (χ0n) is 18.2. The quantitative estimate of drug-likeness (QED) is 0.0604. The van der Waals surface area contributed by atoms with Crippen LogP contribution in [0.15, 0.2) is 16.1 Å². The molecule has 0 radical (unpaired) electrons. The SMILES string of the molecule is [N-]=[N+]=NCOC1CC(n2cc(C#CCN)c3c(=O)[nH]c(N)nc32)OC1CO[PH](O)(O)OP(O)OPO. The van der Waals surface area contributed by atoms with Gasteiger partial charge in [-0.15, -0.1) is 0 Å². The summed E-state index contributed by atoms with van der Waals surface area (Å²) in [5, 5.41) is 3.47. The van der Waals surface area contributed by atoms with Crippen molar-refractivity contribution in [1.29, 1.82) is 0 Å². The molecule has 18 nitrogen and oxygen atoms in total. The summed E-state index contributed by atoms with van der Waals surface area (Å²) in [6, 6.07) is 0. The summed E-state index contributed by atoms with van der Waals surface area (Å²) in [5.74, 6) is 5.33. The van der Waals surface area contributed by atoms with Crippen molar-refractivity contribution < 1.29 is 42.2 Å². The van der Waals surface area contributed by atoms with Gasteiger partial charge in [-0.2, -0.15) is 0 Å². The van der Waals surface area contributed by atoms with E-state index in [2.05, 4.69) is 40.5 Å². The summed E-state index contributed by atoms with van der Waals surface area (Å²) in [7, 11) is -8.83. The van der Waals surface area contributed by atoms with Crippen LogP contribution in [0.1, 0.15) is 18.2 Å². The molecule has 1 saturated heterocycles. The number of H-pyrrole nitrogens is 1. The van der Waals surface area contributed by atoms with Gasteiger partial charge < -0.3 is 0 Å². The van der Waals surface area contributed by atoms with Gasteiger partial charge in [-0.25, -0.2) is 0 Å². The summed E-state index contributed by atoms with van der Waals surface area (Å²) in [6.45, 7) is -0.795. The Balaban J connectivity index is 1.87. The molecule has 36 heavy (non-hydrogen) atoms. The Morgan fingerprint density at radius 3 is 3.00 bits per heavy atom. The first-order chi connectivity index (χ1) is 17.2. The zero-order valence-corrected chi connectivity index (χ0v) is 21.1. The molecule has 5 atom stereocenters. The van der Waals surface area contributed by atoms with Crippen LogP contribution in [0, 0.1) is 11.8 Å². The Morgan fingerprint density at radius 2 is 2.31 bits per heavy atom. The van der Waals surface area contributed by atoms with Crippen molar-refractivity contribution in [2.24, 2.45) is 10.8 Å². The number of hydrogen-bond acceptors (Lipinski definition) is 14. The molecule has 0 saturated carbocycles. The van der Waals surface area contributed by atoms with E-state index in [1.807, 2.05) is 0 Å². The first kappa shape index (κ1) is 28.5. The van der Waals surface area contributed by atoms with E-state index in [9.17, 15) is 19.5 Å². The Morgan fingerprint density at radius 1 is 1.53 bits per heavy atom. The summed E-state index contributed by atoms with van der Waals surface area (Å²) in [5.41, 5.74) is 19.7. The third-order valence-electron chi connectivity index (χ3n) is 4.68. The summed E-state index contributed by atoms with van der Waals surface area (Å²) in [4.78, 5) is 59.6. The molecule has 0 aliphatic carbocycles. The molecule has 2 aromatic heterocycles. The number of anilines is 1. The fourth-order valence-electron chi connectivity index (χ4n) is 3.36.